The molecule has 1 fully saturated rings. The molecule has 0 saturated carbocycles. The maximum Gasteiger partial charge on any atom is 0.0940 e. The lowest BCUT2D eigenvalue weighted by Gasteiger charge is -2.45. The van der Waals surface area contributed by atoms with Crippen LogP contribution in [0.25, 0.3) is 0 Å². The Balaban J connectivity index is 2.23. The first-order valence-electron chi connectivity index (χ1n) is 7.00. The molecule has 2 unspecified atom stereocenters. The number of benzene rings is 1. The summed E-state index contributed by atoms with van der Waals surface area (Å²) in [4.78, 5) is 2.25. The van der Waals surface area contributed by atoms with E-state index in [0.717, 1.165) is 12.1 Å². The van der Waals surface area contributed by atoms with Crippen molar-refractivity contribution in [1.29, 1.82) is 5.26 Å². The second-order valence-corrected chi connectivity index (χ2v) is 5.90. The second-order valence-electron chi connectivity index (χ2n) is 5.90. The van der Waals surface area contributed by atoms with Gasteiger partial charge in [0, 0.05) is 19.1 Å². The first-order valence-corrected chi connectivity index (χ1v) is 7.00. The van der Waals surface area contributed by atoms with Crippen molar-refractivity contribution >= 4 is 0 Å². The third kappa shape index (κ3) is 3.57. The van der Waals surface area contributed by atoms with Crippen LogP contribution in [0.2, 0.25) is 0 Å². The Morgan fingerprint density at radius 1 is 1.45 bits per heavy atom. The zero-order chi connectivity index (χ0) is 14.6. The molecule has 1 N–H and O–H groups in total. The minimum atomic E-state index is -0.311. The zero-order valence-electron chi connectivity index (χ0n) is 12.1. The van der Waals surface area contributed by atoms with Crippen LogP contribution in [-0.2, 0) is 4.74 Å². The van der Waals surface area contributed by atoms with Crippen molar-refractivity contribution in [1.82, 2.24) is 4.90 Å². The number of aliphatic hydroxyl groups excluding tert-OH is 1. The molecule has 1 heterocycles. The van der Waals surface area contributed by atoms with Gasteiger partial charge in [0.05, 0.1) is 30.8 Å². The van der Waals surface area contributed by atoms with Crippen LogP contribution in [-0.4, -0.2) is 41.4 Å². The molecule has 1 aliphatic rings. The van der Waals surface area contributed by atoms with Gasteiger partial charge in [-0.25, -0.2) is 0 Å². The summed E-state index contributed by atoms with van der Waals surface area (Å²) in [7, 11) is 0. The first kappa shape index (κ1) is 15.0. The molecule has 1 aromatic rings. The van der Waals surface area contributed by atoms with Crippen LogP contribution in [0.15, 0.2) is 30.3 Å². The topological polar surface area (TPSA) is 56.5 Å². The van der Waals surface area contributed by atoms with E-state index in [4.69, 9.17) is 10.00 Å². The van der Waals surface area contributed by atoms with Gasteiger partial charge in [-0.05, 0) is 19.4 Å². The lowest BCUT2D eigenvalue weighted by atomic mass is 9.97. The van der Waals surface area contributed by atoms with Crippen molar-refractivity contribution in [3.63, 3.8) is 0 Å². The van der Waals surface area contributed by atoms with E-state index in [1.54, 1.807) is 0 Å². The standard InChI is InChI=1S/C16H22N2O2/c1-16(2)12-18(10-14(11-19)20-16)15(8-9-17)13-6-4-3-5-7-13/h3-7,14-15,19H,8,10-12H2,1-2H3. The minimum Gasteiger partial charge on any atom is -0.394 e. The Labute approximate surface area is 120 Å². The van der Waals surface area contributed by atoms with Crippen LogP contribution >= 0.6 is 0 Å². The molecule has 0 radical (unpaired) electrons. The third-order valence-corrected chi connectivity index (χ3v) is 3.62. The van der Waals surface area contributed by atoms with Crippen molar-refractivity contribution in [2.45, 2.75) is 38.0 Å². The van der Waals surface area contributed by atoms with Gasteiger partial charge in [0.15, 0.2) is 0 Å². The van der Waals surface area contributed by atoms with Crippen LogP contribution < -0.4 is 0 Å². The molecule has 2 rings (SSSR count). The van der Waals surface area contributed by atoms with E-state index < -0.39 is 0 Å². The average Bonchev–Trinajstić information content (AvgIpc) is 2.44. The SMILES string of the molecule is CC1(C)CN(C(CC#N)c2ccccc2)CC(CO)O1. The van der Waals surface area contributed by atoms with Crippen molar-refractivity contribution in [2.75, 3.05) is 19.7 Å². The van der Waals surface area contributed by atoms with E-state index in [1.807, 2.05) is 32.0 Å². The van der Waals surface area contributed by atoms with E-state index in [-0.39, 0.29) is 24.4 Å². The molecule has 4 heteroatoms. The minimum absolute atomic E-state index is 0.00793. The van der Waals surface area contributed by atoms with E-state index in [0.29, 0.717) is 13.0 Å². The number of nitriles is 1. The van der Waals surface area contributed by atoms with E-state index >= 15 is 0 Å². The summed E-state index contributed by atoms with van der Waals surface area (Å²) in [6.07, 6.45) is 0.252. The summed E-state index contributed by atoms with van der Waals surface area (Å²) >= 11 is 0. The number of ether oxygens (including phenoxy) is 1. The monoisotopic (exact) mass is 274 g/mol. The predicted octanol–water partition coefficient (Wildman–Crippen LogP) is 2.11. The quantitative estimate of drug-likeness (QED) is 0.913. The third-order valence-electron chi connectivity index (χ3n) is 3.62. The average molecular weight is 274 g/mol. The fourth-order valence-electron chi connectivity index (χ4n) is 2.89. The summed E-state index contributed by atoms with van der Waals surface area (Å²) in [5, 5.41) is 18.5. The predicted molar refractivity (Wildman–Crippen MR) is 77.0 cm³/mol. The van der Waals surface area contributed by atoms with Crippen molar-refractivity contribution in [2.24, 2.45) is 0 Å². The van der Waals surface area contributed by atoms with Crippen LogP contribution in [0, 0.1) is 11.3 Å². The van der Waals surface area contributed by atoms with Gasteiger partial charge in [0.2, 0.25) is 0 Å². The van der Waals surface area contributed by atoms with Gasteiger partial charge < -0.3 is 9.84 Å². The Morgan fingerprint density at radius 3 is 2.75 bits per heavy atom. The number of hydrogen-bond donors (Lipinski definition) is 1. The van der Waals surface area contributed by atoms with Crippen LogP contribution in [0.3, 0.4) is 0 Å². The summed E-state index contributed by atoms with van der Waals surface area (Å²) in [5.41, 5.74) is 0.831. The molecule has 0 amide bonds. The van der Waals surface area contributed by atoms with Gasteiger partial charge in [0.25, 0.3) is 0 Å². The Bertz CT molecular complexity index is 467. The highest BCUT2D eigenvalue weighted by Crippen LogP contribution is 2.30. The summed E-state index contributed by atoms with van der Waals surface area (Å²) < 4.78 is 5.84. The number of hydrogen-bond acceptors (Lipinski definition) is 4. The van der Waals surface area contributed by atoms with Crippen molar-refractivity contribution in [3.8, 4) is 6.07 Å². The molecule has 0 bridgehead atoms. The van der Waals surface area contributed by atoms with Crippen molar-refractivity contribution < 1.29 is 9.84 Å². The molecule has 0 aromatic heterocycles. The Kier molecular flexibility index (Phi) is 4.77. The smallest absolute Gasteiger partial charge is 0.0940 e. The Morgan fingerprint density at radius 2 is 2.15 bits per heavy atom. The van der Waals surface area contributed by atoms with Gasteiger partial charge in [0.1, 0.15) is 0 Å². The summed E-state index contributed by atoms with van der Waals surface area (Å²) in [5.74, 6) is 0. The Hall–Kier alpha value is -1.41. The fraction of sp³-hybridized carbons (Fsp3) is 0.562. The van der Waals surface area contributed by atoms with E-state index in [1.165, 1.54) is 0 Å². The lowest BCUT2D eigenvalue weighted by molar-refractivity contribution is -0.157. The highest BCUT2D eigenvalue weighted by atomic mass is 16.5. The highest BCUT2D eigenvalue weighted by Gasteiger charge is 2.36. The van der Waals surface area contributed by atoms with E-state index in [9.17, 15) is 5.11 Å². The number of aliphatic hydroxyl groups is 1. The maximum atomic E-state index is 9.41. The fourth-order valence-corrected chi connectivity index (χ4v) is 2.89. The van der Waals surface area contributed by atoms with Gasteiger partial charge >= 0.3 is 0 Å². The highest BCUT2D eigenvalue weighted by molar-refractivity contribution is 5.20. The second kappa shape index (κ2) is 6.36. The molecular weight excluding hydrogens is 252 g/mol. The van der Waals surface area contributed by atoms with Crippen molar-refractivity contribution in [3.05, 3.63) is 35.9 Å². The summed E-state index contributed by atoms with van der Waals surface area (Å²) in [6, 6.07) is 12.4. The molecule has 2 atom stereocenters. The first-order chi connectivity index (χ1) is 9.55. The largest absolute Gasteiger partial charge is 0.394 e. The maximum absolute atomic E-state index is 9.41. The number of rotatable bonds is 4. The molecule has 1 aliphatic heterocycles. The summed E-state index contributed by atoms with van der Waals surface area (Å²) in [6.45, 7) is 5.46. The molecule has 0 aliphatic carbocycles. The lowest BCUT2D eigenvalue weighted by Crippen LogP contribution is -2.54. The zero-order valence-corrected chi connectivity index (χ0v) is 12.1. The molecule has 20 heavy (non-hydrogen) atoms. The number of morpholine rings is 1. The molecular formula is C16H22N2O2. The van der Waals surface area contributed by atoms with Gasteiger partial charge in [-0.3, -0.25) is 4.90 Å². The molecule has 108 valence electrons. The normalized spacial score (nSPS) is 24.0. The van der Waals surface area contributed by atoms with Crippen LogP contribution in [0.1, 0.15) is 31.9 Å². The van der Waals surface area contributed by atoms with Crippen LogP contribution in [0.4, 0.5) is 0 Å². The van der Waals surface area contributed by atoms with Gasteiger partial charge in [-0.1, -0.05) is 30.3 Å². The van der Waals surface area contributed by atoms with E-state index in [2.05, 4.69) is 23.1 Å². The molecule has 4 nitrogen and oxygen atoms in total. The van der Waals surface area contributed by atoms with Crippen LogP contribution in [0.5, 0.6) is 0 Å². The molecule has 0 spiro atoms. The molecule has 1 aromatic carbocycles. The molecule has 1 saturated heterocycles. The van der Waals surface area contributed by atoms with Gasteiger partial charge in [-0.2, -0.15) is 5.26 Å². The van der Waals surface area contributed by atoms with Gasteiger partial charge in [-0.15, -0.1) is 0 Å². The number of nitrogens with zero attached hydrogens (tertiary/aromatic N) is 2.